The van der Waals surface area contributed by atoms with E-state index >= 15 is 0 Å². The van der Waals surface area contributed by atoms with Crippen molar-refractivity contribution in [2.24, 2.45) is 11.3 Å². The largest absolute Gasteiger partial charge is 0.303 e. The zero-order valence-corrected chi connectivity index (χ0v) is 19.7. The summed E-state index contributed by atoms with van der Waals surface area (Å²) in [6.45, 7) is 19.6. The second-order valence-corrected chi connectivity index (χ2v) is 9.75. The smallest absolute Gasteiger partial charge is 0.00351 e. The lowest BCUT2D eigenvalue weighted by Gasteiger charge is -2.43. The molecule has 1 fully saturated rings. The van der Waals surface area contributed by atoms with Gasteiger partial charge in [-0.1, -0.05) is 92.4 Å². The zero-order chi connectivity index (χ0) is 20.0. The summed E-state index contributed by atoms with van der Waals surface area (Å²) < 4.78 is 0. The topological polar surface area (TPSA) is 6.48 Å². The van der Waals surface area contributed by atoms with Crippen molar-refractivity contribution in [3.8, 4) is 0 Å². The van der Waals surface area contributed by atoms with Crippen molar-refractivity contribution in [3.05, 3.63) is 0 Å². The van der Waals surface area contributed by atoms with E-state index < -0.39 is 0 Å². The SMILES string of the molecule is CCCCCCCCCCCCN1CCC(C(C)(C)CN(CC)CC)CC1. The number of piperidine rings is 1. The summed E-state index contributed by atoms with van der Waals surface area (Å²) >= 11 is 0. The van der Waals surface area contributed by atoms with Crippen LogP contribution in [0.1, 0.15) is 112 Å². The molecule has 0 amide bonds. The lowest BCUT2D eigenvalue weighted by Crippen LogP contribution is -2.44. The minimum Gasteiger partial charge on any atom is -0.303 e. The maximum atomic E-state index is 2.74. The molecule has 0 aliphatic carbocycles. The molecule has 0 unspecified atom stereocenters. The first-order valence-corrected chi connectivity index (χ1v) is 12.5. The molecule has 1 heterocycles. The minimum absolute atomic E-state index is 0.467. The first-order chi connectivity index (χ1) is 13.0. The third-order valence-electron chi connectivity index (χ3n) is 7.05. The van der Waals surface area contributed by atoms with Crippen molar-refractivity contribution in [3.63, 3.8) is 0 Å². The van der Waals surface area contributed by atoms with Crippen LogP contribution >= 0.6 is 0 Å². The van der Waals surface area contributed by atoms with Gasteiger partial charge in [-0.15, -0.1) is 0 Å². The molecule has 0 aromatic rings. The van der Waals surface area contributed by atoms with E-state index in [2.05, 4.69) is 44.4 Å². The van der Waals surface area contributed by atoms with Gasteiger partial charge in [-0.3, -0.25) is 0 Å². The molecule has 0 atom stereocenters. The van der Waals surface area contributed by atoms with Gasteiger partial charge in [0.05, 0.1) is 0 Å². The second-order valence-electron chi connectivity index (χ2n) is 9.75. The minimum atomic E-state index is 0.467. The highest BCUT2D eigenvalue weighted by molar-refractivity contribution is 4.85. The summed E-state index contributed by atoms with van der Waals surface area (Å²) in [4.78, 5) is 5.35. The lowest BCUT2D eigenvalue weighted by molar-refractivity contribution is 0.0670. The summed E-state index contributed by atoms with van der Waals surface area (Å²) in [5, 5.41) is 0. The highest BCUT2D eigenvalue weighted by atomic mass is 15.1. The van der Waals surface area contributed by atoms with E-state index in [1.807, 2.05) is 0 Å². The summed E-state index contributed by atoms with van der Waals surface area (Å²) in [6.07, 6.45) is 17.3. The monoisotopic (exact) mass is 380 g/mol. The molecule has 2 nitrogen and oxygen atoms in total. The molecule has 0 aromatic carbocycles. The number of rotatable bonds is 16. The molecule has 0 saturated carbocycles. The molecule has 162 valence electrons. The van der Waals surface area contributed by atoms with Gasteiger partial charge in [-0.25, -0.2) is 0 Å². The Morgan fingerprint density at radius 3 is 1.70 bits per heavy atom. The average Bonchev–Trinajstić information content (AvgIpc) is 2.68. The third-order valence-corrected chi connectivity index (χ3v) is 7.05. The van der Waals surface area contributed by atoms with Gasteiger partial charge < -0.3 is 9.80 Å². The molecule has 0 radical (unpaired) electrons. The molecule has 1 saturated heterocycles. The van der Waals surface area contributed by atoms with Crippen molar-refractivity contribution in [2.45, 2.75) is 112 Å². The number of nitrogens with zero attached hydrogens (tertiary/aromatic N) is 2. The van der Waals surface area contributed by atoms with E-state index in [9.17, 15) is 0 Å². The van der Waals surface area contributed by atoms with Crippen LogP contribution in [0.3, 0.4) is 0 Å². The molecular weight excluding hydrogens is 328 g/mol. The maximum absolute atomic E-state index is 2.74. The molecule has 1 rings (SSSR count). The van der Waals surface area contributed by atoms with Gasteiger partial charge in [0.1, 0.15) is 0 Å². The molecule has 0 aromatic heterocycles. The van der Waals surface area contributed by atoms with Crippen LogP contribution < -0.4 is 0 Å². The Hall–Kier alpha value is -0.0800. The fraction of sp³-hybridized carbons (Fsp3) is 1.00. The van der Waals surface area contributed by atoms with Gasteiger partial charge in [0, 0.05) is 6.54 Å². The van der Waals surface area contributed by atoms with Crippen molar-refractivity contribution >= 4 is 0 Å². The van der Waals surface area contributed by atoms with Crippen LogP contribution in [0.15, 0.2) is 0 Å². The van der Waals surface area contributed by atoms with Crippen LogP contribution in [-0.4, -0.2) is 49.1 Å². The molecule has 1 aliphatic rings. The zero-order valence-electron chi connectivity index (χ0n) is 19.7. The Kier molecular flexibility index (Phi) is 13.7. The Balaban J connectivity index is 2.05. The van der Waals surface area contributed by atoms with Crippen molar-refractivity contribution in [1.82, 2.24) is 9.80 Å². The van der Waals surface area contributed by atoms with E-state index in [0.717, 1.165) is 5.92 Å². The fourth-order valence-corrected chi connectivity index (χ4v) is 4.91. The molecule has 1 aliphatic heterocycles. The summed E-state index contributed by atoms with van der Waals surface area (Å²) in [6, 6.07) is 0. The van der Waals surface area contributed by atoms with Gasteiger partial charge in [0.25, 0.3) is 0 Å². The second kappa shape index (κ2) is 14.9. The quantitative estimate of drug-likeness (QED) is 0.266. The van der Waals surface area contributed by atoms with Crippen LogP contribution in [0, 0.1) is 11.3 Å². The van der Waals surface area contributed by atoms with E-state index in [1.165, 1.54) is 116 Å². The Morgan fingerprint density at radius 2 is 1.22 bits per heavy atom. The van der Waals surface area contributed by atoms with Gasteiger partial charge in [-0.05, 0) is 63.3 Å². The molecule has 0 N–H and O–H groups in total. The normalized spacial score (nSPS) is 17.1. The number of hydrogen-bond donors (Lipinski definition) is 0. The van der Waals surface area contributed by atoms with Gasteiger partial charge in [-0.2, -0.15) is 0 Å². The van der Waals surface area contributed by atoms with Crippen molar-refractivity contribution in [1.29, 1.82) is 0 Å². The van der Waals surface area contributed by atoms with Crippen LogP contribution in [0.4, 0.5) is 0 Å². The Labute approximate surface area is 172 Å². The molecule has 27 heavy (non-hydrogen) atoms. The van der Waals surface area contributed by atoms with Gasteiger partial charge >= 0.3 is 0 Å². The Morgan fingerprint density at radius 1 is 0.741 bits per heavy atom. The molecule has 0 bridgehead atoms. The van der Waals surface area contributed by atoms with Crippen LogP contribution in [0.25, 0.3) is 0 Å². The number of hydrogen-bond acceptors (Lipinski definition) is 2. The van der Waals surface area contributed by atoms with E-state index in [4.69, 9.17) is 0 Å². The summed E-state index contributed by atoms with van der Waals surface area (Å²) in [5.74, 6) is 0.905. The van der Waals surface area contributed by atoms with E-state index in [-0.39, 0.29) is 0 Å². The average molecular weight is 381 g/mol. The number of likely N-dealkylation sites (tertiary alicyclic amines) is 1. The van der Waals surface area contributed by atoms with Gasteiger partial charge in [0.2, 0.25) is 0 Å². The molecule has 0 spiro atoms. The first-order valence-electron chi connectivity index (χ1n) is 12.5. The Bertz CT molecular complexity index is 327. The van der Waals surface area contributed by atoms with Crippen LogP contribution in [0.5, 0.6) is 0 Å². The predicted molar refractivity (Wildman–Crippen MR) is 123 cm³/mol. The van der Waals surface area contributed by atoms with Crippen molar-refractivity contribution in [2.75, 3.05) is 39.3 Å². The third kappa shape index (κ3) is 10.9. The van der Waals surface area contributed by atoms with Crippen LogP contribution in [-0.2, 0) is 0 Å². The van der Waals surface area contributed by atoms with Crippen molar-refractivity contribution < 1.29 is 0 Å². The predicted octanol–water partition coefficient (Wildman–Crippen LogP) is 6.99. The highest BCUT2D eigenvalue weighted by Gasteiger charge is 2.33. The van der Waals surface area contributed by atoms with Gasteiger partial charge in [0.15, 0.2) is 0 Å². The summed E-state index contributed by atoms with van der Waals surface area (Å²) in [7, 11) is 0. The summed E-state index contributed by atoms with van der Waals surface area (Å²) in [5.41, 5.74) is 0.467. The molecule has 2 heteroatoms. The first kappa shape index (κ1) is 25.0. The maximum Gasteiger partial charge on any atom is 0.00351 e. The highest BCUT2D eigenvalue weighted by Crippen LogP contribution is 2.35. The van der Waals surface area contributed by atoms with Crippen LogP contribution in [0.2, 0.25) is 0 Å². The molecular formula is C25H52N2. The van der Waals surface area contributed by atoms with E-state index in [1.54, 1.807) is 0 Å². The fourth-order valence-electron chi connectivity index (χ4n) is 4.91. The number of unbranched alkanes of at least 4 members (excludes halogenated alkanes) is 9. The van der Waals surface area contributed by atoms with E-state index in [0.29, 0.717) is 5.41 Å². The standard InChI is InChI=1S/C25H52N2/c1-6-9-10-11-12-13-14-15-16-17-20-27-21-18-24(19-22-27)25(4,5)23-26(7-2)8-3/h24H,6-23H2,1-5H3. The lowest BCUT2D eigenvalue weighted by atomic mass is 9.73.